The van der Waals surface area contributed by atoms with E-state index in [9.17, 15) is 4.39 Å². The number of rotatable bonds is 2. The fourth-order valence-electron chi connectivity index (χ4n) is 1.42. The predicted molar refractivity (Wildman–Crippen MR) is 61.0 cm³/mol. The normalized spacial score (nSPS) is 10.8. The number of benzene rings is 1. The number of hydrogen-bond donors (Lipinski definition) is 0. The maximum Gasteiger partial charge on any atom is 0.177 e. The molecule has 1 aromatic carbocycles. The van der Waals surface area contributed by atoms with E-state index in [4.69, 9.17) is 4.74 Å². The lowest BCUT2D eigenvalue weighted by Crippen LogP contribution is -1.88. The van der Waals surface area contributed by atoms with E-state index in [1.807, 2.05) is 12.1 Å². The van der Waals surface area contributed by atoms with Gasteiger partial charge in [0.1, 0.15) is 5.75 Å². The highest BCUT2D eigenvalue weighted by Crippen LogP contribution is 2.36. The van der Waals surface area contributed by atoms with E-state index >= 15 is 0 Å². The van der Waals surface area contributed by atoms with Gasteiger partial charge < -0.3 is 4.74 Å². The molecule has 0 aliphatic rings. The molecule has 74 valence electrons. The minimum Gasteiger partial charge on any atom is -0.495 e. The first-order valence-corrected chi connectivity index (χ1v) is 6.01. The monoisotopic (exact) mass is 274 g/mol. The Kier molecular flexibility index (Phi) is 2.74. The third-order valence-electron chi connectivity index (χ3n) is 2.04. The van der Waals surface area contributed by atoms with Gasteiger partial charge in [-0.2, -0.15) is 4.39 Å². The molecule has 0 bridgehead atoms. The molecule has 2 rings (SSSR count). The number of ether oxygens (including phenoxy) is 1. The second-order valence-corrected chi connectivity index (χ2v) is 4.42. The Morgan fingerprint density at radius 3 is 2.93 bits per heavy atom. The average Bonchev–Trinajstić information content (AvgIpc) is 2.56. The molecule has 0 saturated heterocycles. The number of fused-ring (bicyclic) bond motifs is 1. The van der Waals surface area contributed by atoms with Crippen molar-refractivity contribution in [1.29, 1.82) is 0 Å². The molecule has 0 atom stereocenters. The highest BCUT2D eigenvalue weighted by atomic mass is 79.9. The molecule has 2 aromatic rings. The summed E-state index contributed by atoms with van der Waals surface area (Å²) in [5.74, 6) is 0.772. The summed E-state index contributed by atoms with van der Waals surface area (Å²) < 4.78 is 19.2. The van der Waals surface area contributed by atoms with Crippen LogP contribution >= 0.6 is 27.3 Å². The SMILES string of the molecule is COc1c(CBr)ccc2cc(F)sc12. The van der Waals surface area contributed by atoms with E-state index in [0.29, 0.717) is 5.33 Å². The summed E-state index contributed by atoms with van der Waals surface area (Å²) >= 11 is 4.49. The summed E-state index contributed by atoms with van der Waals surface area (Å²) in [5, 5.41) is 1.44. The van der Waals surface area contributed by atoms with E-state index in [0.717, 1.165) is 32.7 Å². The van der Waals surface area contributed by atoms with Crippen LogP contribution in [0, 0.1) is 5.13 Å². The van der Waals surface area contributed by atoms with Crippen LogP contribution in [0.5, 0.6) is 5.75 Å². The fraction of sp³-hybridized carbons (Fsp3) is 0.200. The van der Waals surface area contributed by atoms with Crippen molar-refractivity contribution in [1.82, 2.24) is 0 Å². The lowest BCUT2D eigenvalue weighted by atomic mass is 10.2. The smallest absolute Gasteiger partial charge is 0.177 e. The van der Waals surface area contributed by atoms with Crippen molar-refractivity contribution in [3.63, 3.8) is 0 Å². The molecular weight excluding hydrogens is 267 g/mol. The van der Waals surface area contributed by atoms with Gasteiger partial charge in [0.15, 0.2) is 5.13 Å². The van der Waals surface area contributed by atoms with Crippen molar-refractivity contribution in [2.24, 2.45) is 0 Å². The minimum atomic E-state index is -0.176. The third kappa shape index (κ3) is 1.53. The first kappa shape index (κ1) is 9.93. The summed E-state index contributed by atoms with van der Waals surface area (Å²) in [6.45, 7) is 0. The van der Waals surface area contributed by atoms with Crippen LogP contribution in [0.3, 0.4) is 0 Å². The van der Waals surface area contributed by atoms with Crippen LogP contribution in [-0.4, -0.2) is 7.11 Å². The molecule has 0 unspecified atom stereocenters. The maximum absolute atomic E-state index is 13.0. The molecule has 0 N–H and O–H groups in total. The Morgan fingerprint density at radius 2 is 2.29 bits per heavy atom. The van der Waals surface area contributed by atoms with Crippen LogP contribution in [0.15, 0.2) is 18.2 Å². The molecule has 0 aliphatic heterocycles. The van der Waals surface area contributed by atoms with Crippen molar-refractivity contribution in [2.75, 3.05) is 7.11 Å². The van der Waals surface area contributed by atoms with E-state index in [2.05, 4.69) is 15.9 Å². The number of alkyl halides is 1. The number of thiophene rings is 1. The van der Waals surface area contributed by atoms with Crippen molar-refractivity contribution in [3.8, 4) is 5.75 Å². The van der Waals surface area contributed by atoms with Crippen LogP contribution in [0.25, 0.3) is 10.1 Å². The first-order chi connectivity index (χ1) is 6.76. The zero-order valence-corrected chi connectivity index (χ0v) is 9.91. The van der Waals surface area contributed by atoms with Gasteiger partial charge in [0.2, 0.25) is 0 Å². The molecule has 0 amide bonds. The zero-order valence-electron chi connectivity index (χ0n) is 7.51. The van der Waals surface area contributed by atoms with Crippen molar-refractivity contribution in [2.45, 2.75) is 5.33 Å². The standard InChI is InChI=1S/C10H8BrFOS/c1-13-9-7(5-11)3-2-6-4-8(12)14-10(6)9/h2-4H,5H2,1H3. The number of halogens is 2. The fourth-order valence-corrected chi connectivity index (χ4v) is 2.79. The van der Waals surface area contributed by atoms with Gasteiger partial charge in [-0.25, -0.2) is 0 Å². The lowest BCUT2D eigenvalue weighted by molar-refractivity contribution is 0.417. The Balaban J connectivity index is 2.75. The van der Waals surface area contributed by atoms with Crippen molar-refractivity contribution < 1.29 is 9.13 Å². The zero-order chi connectivity index (χ0) is 10.1. The van der Waals surface area contributed by atoms with E-state index < -0.39 is 0 Å². The average molecular weight is 275 g/mol. The quantitative estimate of drug-likeness (QED) is 0.754. The molecular formula is C10H8BrFOS. The van der Waals surface area contributed by atoms with Gasteiger partial charge >= 0.3 is 0 Å². The molecule has 1 heterocycles. The molecule has 4 heteroatoms. The van der Waals surface area contributed by atoms with Crippen LogP contribution in [-0.2, 0) is 5.33 Å². The third-order valence-corrected chi connectivity index (χ3v) is 3.58. The lowest BCUT2D eigenvalue weighted by Gasteiger charge is -2.06. The summed E-state index contributed by atoms with van der Waals surface area (Å²) in [6.07, 6.45) is 0. The summed E-state index contributed by atoms with van der Waals surface area (Å²) in [6, 6.07) is 5.39. The Bertz CT molecular complexity index is 466. The van der Waals surface area contributed by atoms with Crippen LogP contribution in [0.2, 0.25) is 0 Å². The first-order valence-electron chi connectivity index (χ1n) is 4.07. The molecule has 1 nitrogen and oxygen atoms in total. The molecule has 0 aliphatic carbocycles. The van der Waals surface area contributed by atoms with Gasteiger partial charge in [0.05, 0.1) is 11.8 Å². The molecule has 1 aromatic heterocycles. The largest absolute Gasteiger partial charge is 0.495 e. The highest BCUT2D eigenvalue weighted by molar-refractivity contribution is 9.08. The van der Waals surface area contributed by atoms with Crippen LogP contribution in [0.4, 0.5) is 4.39 Å². The summed E-state index contributed by atoms with van der Waals surface area (Å²) in [5.41, 5.74) is 1.04. The van der Waals surface area contributed by atoms with Gasteiger partial charge in [-0.15, -0.1) is 11.3 Å². The Labute approximate surface area is 93.6 Å². The molecule has 0 fully saturated rings. The van der Waals surface area contributed by atoms with Gasteiger partial charge in [-0.3, -0.25) is 0 Å². The van der Waals surface area contributed by atoms with Crippen LogP contribution in [0.1, 0.15) is 5.56 Å². The van der Waals surface area contributed by atoms with Gasteiger partial charge in [-0.05, 0) is 11.5 Å². The predicted octanol–water partition coefficient (Wildman–Crippen LogP) is 3.94. The summed E-state index contributed by atoms with van der Waals surface area (Å²) in [4.78, 5) is 0. The Morgan fingerprint density at radius 1 is 1.50 bits per heavy atom. The van der Waals surface area contributed by atoms with Crippen molar-refractivity contribution >= 4 is 37.4 Å². The maximum atomic E-state index is 13.0. The van der Waals surface area contributed by atoms with E-state index in [1.54, 1.807) is 7.11 Å². The second kappa shape index (κ2) is 3.87. The molecule has 14 heavy (non-hydrogen) atoms. The molecule has 0 saturated carbocycles. The molecule has 0 radical (unpaired) electrons. The second-order valence-electron chi connectivity index (χ2n) is 2.86. The van der Waals surface area contributed by atoms with Crippen molar-refractivity contribution in [3.05, 3.63) is 28.9 Å². The van der Waals surface area contributed by atoms with Gasteiger partial charge in [0, 0.05) is 10.9 Å². The molecule has 0 spiro atoms. The highest BCUT2D eigenvalue weighted by Gasteiger charge is 2.10. The Hall–Kier alpha value is -0.610. The summed E-state index contributed by atoms with van der Waals surface area (Å²) in [7, 11) is 1.61. The number of methoxy groups -OCH3 is 1. The number of hydrogen-bond acceptors (Lipinski definition) is 2. The topological polar surface area (TPSA) is 9.23 Å². The van der Waals surface area contributed by atoms with Crippen LogP contribution < -0.4 is 4.74 Å². The van der Waals surface area contributed by atoms with E-state index in [-0.39, 0.29) is 5.13 Å². The van der Waals surface area contributed by atoms with E-state index in [1.165, 1.54) is 6.07 Å². The van der Waals surface area contributed by atoms with Gasteiger partial charge in [0.25, 0.3) is 0 Å². The van der Waals surface area contributed by atoms with Gasteiger partial charge in [-0.1, -0.05) is 28.1 Å². The minimum absolute atomic E-state index is 0.176.